The minimum atomic E-state index is -0.00406. The molecule has 1 aliphatic heterocycles. The lowest BCUT2D eigenvalue weighted by molar-refractivity contribution is -0.122. The average molecular weight is 357 g/mol. The van der Waals surface area contributed by atoms with E-state index in [1.807, 2.05) is 6.07 Å². The zero-order valence-corrected chi connectivity index (χ0v) is 15.4. The quantitative estimate of drug-likeness (QED) is 0.770. The van der Waals surface area contributed by atoms with E-state index in [-0.39, 0.29) is 12.0 Å². The number of amides is 1. The molecule has 2 aromatic carbocycles. The summed E-state index contributed by atoms with van der Waals surface area (Å²) in [6.07, 6.45) is 3.27. The summed E-state index contributed by atoms with van der Waals surface area (Å²) in [7, 11) is 1.59. The Bertz CT molecular complexity index is 730. The van der Waals surface area contributed by atoms with Crippen molar-refractivity contribution in [3.05, 3.63) is 48.0 Å². The van der Waals surface area contributed by atoms with Crippen LogP contribution in [-0.4, -0.2) is 38.5 Å². The summed E-state index contributed by atoms with van der Waals surface area (Å²) >= 11 is 1.74. The van der Waals surface area contributed by atoms with Crippen molar-refractivity contribution in [3.8, 4) is 16.9 Å². The van der Waals surface area contributed by atoms with Crippen LogP contribution in [0.5, 0.6) is 5.75 Å². The van der Waals surface area contributed by atoms with Gasteiger partial charge >= 0.3 is 0 Å². The van der Waals surface area contributed by atoms with Crippen LogP contribution >= 0.6 is 11.8 Å². The highest BCUT2D eigenvalue weighted by molar-refractivity contribution is 7.98. The van der Waals surface area contributed by atoms with Crippen molar-refractivity contribution in [2.24, 2.45) is 0 Å². The number of methoxy groups -OCH3 is 1. The fourth-order valence-corrected chi connectivity index (χ4v) is 3.32. The van der Waals surface area contributed by atoms with Gasteiger partial charge in [0, 0.05) is 24.8 Å². The average Bonchev–Trinajstić information content (AvgIpc) is 3.06. The van der Waals surface area contributed by atoms with Gasteiger partial charge in [0.05, 0.1) is 13.2 Å². The number of fused-ring (bicyclic) bond motifs is 1. The zero-order chi connectivity index (χ0) is 17.6. The van der Waals surface area contributed by atoms with E-state index >= 15 is 0 Å². The molecule has 0 radical (unpaired) electrons. The number of thioether (sulfide) groups is 1. The van der Waals surface area contributed by atoms with Crippen molar-refractivity contribution in [2.75, 3.05) is 26.5 Å². The SMILES string of the molecule is COCCC(=O)NCC1Cc2cc(-c3ccc(SC)cc3)ccc2O1. The Hall–Kier alpha value is -1.98. The molecule has 5 heteroatoms. The van der Waals surface area contributed by atoms with E-state index in [4.69, 9.17) is 9.47 Å². The van der Waals surface area contributed by atoms with Crippen molar-refractivity contribution in [1.82, 2.24) is 5.32 Å². The standard InChI is InChI=1S/C20H23NO3S/c1-23-10-9-20(22)21-13-17-12-16-11-15(5-8-19(16)24-17)14-3-6-18(25-2)7-4-14/h3-8,11,17H,9-10,12-13H2,1-2H3,(H,21,22). The second-order valence-corrected chi connectivity index (χ2v) is 6.92. The Morgan fingerprint density at radius 2 is 2.00 bits per heavy atom. The molecule has 1 unspecified atom stereocenters. The predicted molar refractivity (Wildman–Crippen MR) is 101 cm³/mol. The van der Waals surface area contributed by atoms with Gasteiger partial charge in [-0.2, -0.15) is 0 Å². The Morgan fingerprint density at radius 1 is 1.24 bits per heavy atom. The number of carbonyl (C=O) groups is 1. The first-order valence-corrected chi connectivity index (χ1v) is 9.61. The number of hydrogen-bond acceptors (Lipinski definition) is 4. The van der Waals surface area contributed by atoms with Gasteiger partial charge in [-0.1, -0.05) is 18.2 Å². The topological polar surface area (TPSA) is 47.6 Å². The molecule has 4 nitrogen and oxygen atoms in total. The van der Waals surface area contributed by atoms with Crippen LogP contribution in [0.1, 0.15) is 12.0 Å². The summed E-state index contributed by atoms with van der Waals surface area (Å²) in [5.41, 5.74) is 3.60. The van der Waals surface area contributed by atoms with Crippen LogP contribution in [0.25, 0.3) is 11.1 Å². The van der Waals surface area contributed by atoms with Crippen LogP contribution in [0.15, 0.2) is 47.4 Å². The summed E-state index contributed by atoms with van der Waals surface area (Å²) < 4.78 is 10.9. The van der Waals surface area contributed by atoms with E-state index in [0.717, 1.165) is 12.2 Å². The highest BCUT2D eigenvalue weighted by Crippen LogP contribution is 2.33. The van der Waals surface area contributed by atoms with E-state index in [1.54, 1.807) is 18.9 Å². The number of ether oxygens (including phenoxy) is 2. The van der Waals surface area contributed by atoms with Gasteiger partial charge in [-0.15, -0.1) is 11.8 Å². The molecule has 25 heavy (non-hydrogen) atoms. The lowest BCUT2D eigenvalue weighted by Crippen LogP contribution is -2.34. The Morgan fingerprint density at radius 3 is 2.72 bits per heavy atom. The molecule has 1 N–H and O–H groups in total. The highest BCUT2D eigenvalue weighted by atomic mass is 32.2. The first-order valence-electron chi connectivity index (χ1n) is 8.39. The molecule has 1 heterocycles. The third kappa shape index (κ3) is 4.55. The van der Waals surface area contributed by atoms with Gasteiger partial charge < -0.3 is 14.8 Å². The number of hydrogen-bond donors (Lipinski definition) is 1. The molecule has 0 saturated heterocycles. The fraction of sp³-hybridized carbons (Fsp3) is 0.350. The van der Waals surface area contributed by atoms with Crippen LogP contribution in [0.3, 0.4) is 0 Å². The van der Waals surface area contributed by atoms with Crippen molar-refractivity contribution in [2.45, 2.75) is 23.8 Å². The first kappa shape index (κ1) is 17.8. The lowest BCUT2D eigenvalue weighted by atomic mass is 10.0. The van der Waals surface area contributed by atoms with E-state index in [1.165, 1.54) is 21.6 Å². The van der Waals surface area contributed by atoms with Gasteiger partial charge in [0.1, 0.15) is 11.9 Å². The maximum atomic E-state index is 11.7. The van der Waals surface area contributed by atoms with Crippen molar-refractivity contribution in [1.29, 1.82) is 0 Å². The molecule has 0 aliphatic carbocycles. The van der Waals surface area contributed by atoms with Gasteiger partial charge in [-0.25, -0.2) is 0 Å². The van der Waals surface area contributed by atoms with Gasteiger partial charge in [0.25, 0.3) is 0 Å². The largest absolute Gasteiger partial charge is 0.488 e. The summed E-state index contributed by atoms with van der Waals surface area (Å²) in [5.74, 6) is 0.914. The predicted octanol–water partition coefficient (Wildman–Crippen LogP) is 3.53. The number of rotatable bonds is 7. The van der Waals surface area contributed by atoms with Gasteiger partial charge in [-0.3, -0.25) is 4.79 Å². The third-order valence-electron chi connectivity index (χ3n) is 4.29. The van der Waals surface area contributed by atoms with E-state index < -0.39 is 0 Å². The number of benzene rings is 2. The second-order valence-electron chi connectivity index (χ2n) is 6.04. The maximum absolute atomic E-state index is 11.7. The summed E-state index contributed by atoms with van der Waals surface area (Å²) in [4.78, 5) is 12.9. The third-order valence-corrected chi connectivity index (χ3v) is 5.03. The van der Waals surface area contributed by atoms with Gasteiger partial charge in [0.2, 0.25) is 5.91 Å². The molecule has 0 bridgehead atoms. The fourth-order valence-electron chi connectivity index (χ4n) is 2.91. The first-order chi connectivity index (χ1) is 12.2. The van der Waals surface area contributed by atoms with Crippen molar-refractivity contribution < 1.29 is 14.3 Å². The molecule has 1 amide bonds. The Kier molecular flexibility index (Phi) is 6.00. The molecule has 1 aliphatic rings. The summed E-state index contributed by atoms with van der Waals surface area (Å²) in [5, 5.41) is 2.91. The smallest absolute Gasteiger partial charge is 0.222 e. The van der Waals surface area contributed by atoms with Crippen LogP contribution < -0.4 is 10.1 Å². The lowest BCUT2D eigenvalue weighted by Gasteiger charge is -2.11. The normalized spacial score (nSPS) is 15.5. The second kappa shape index (κ2) is 8.41. The van der Waals surface area contributed by atoms with E-state index in [0.29, 0.717) is 19.6 Å². The zero-order valence-electron chi connectivity index (χ0n) is 14.6. The molecular weight excluding hydrogens is 334 g/mol. The molecule has 0 saturated carbocycles. The van der Waals surface area contributed by atoms with Crippen LogP contribution in [-0.2, 0) is 16.0 Å². The molecule has 3 rings (SSSR count). The highest BCUT2D eigenvalue weighted by Gasteiger charge is 2.23. The molecule has 0 aromatic heterocycles. The maximum Gasteiger partial charge on any atom is 0.222 e. The van der Waals surface area contributed by atoms with Crippen LogP contribution in [0.2, 0.25) is 0 Å². The van der Waals surface area contributed by atoms with Gasteiger partial charge in [-0.05, 0) is 47.2 Å². The Balaban J connectivity index is 1.61. The summed E-state index contributed by atoms with van der Waals surface area (Å²) in [6.45, 7) is 0.964. The summed E-state index contributed by atoms with van der Waals surface area (Å²) in [6, 6.07) is 14.9. The van der Waals surface area contributed by atoms with Crippen LogP contribution in [0.4, 0.5) is 0 Å². The van der Waals surface area contributed by atoms with Gasteiger partial charge in [0.15, 0.2) is 0 Å². The molecular formula is C20H23NO3S. The Labute approximate surface area is 152 Å². The van der Waals surface area contributed by atoms with E-state index in [2.05, 4.69) is 48.0 Å². The van der Waals surface area contributed by atoms with Crippen LogP contribution in [0, 0.1) is 0 Å². The minimum Gasteiger partial charge on any atom is -0.488 e. The van der Waals surface area contributed by atoms with Crippen molar-refractivity contribution >= 4 is 17.7 Å². The number of carbonyl (C=O) groups excluding carboxylic acids is 1. The molecule has 1 atom stereocenters. The van der Waals surface area contributed by atoms with Crippen molar-refractivity contribution in [3.63, 3.8) is 0 Å². The number of nitrogens with one attached hydrogen (secondary N) is 1. The molecule has 0 spiro atoms. The molecule has 0 fully saturated rings. The molecule has 2 aromatic rings. The van der Waals surface area contributed by atoms with E-state index in [9.17, 15) is 4.79 Å². The monoisotopic (exact) mass is 357 g/mol. The molecule has 132 valence electrons. The minimum absolute atomic E-state index is 0.00372.